The second kappa shape index (κ2) is 4.49. The lowest BCUT2D eigenvalue weighted by molar-refractivity contribution is 1.09. The maximum Gasteiger partial charge on any atom is 0.205 e. The van der Waals surface area contributed by atoms with Gasteiger partial charge in [0, 0.05) is 0 Å². The topological polar surface area (TPSA) is 50.7 Å². The molecule has 78 valence electrons. The molecule has 15 heavy (non-hydrogen) atoms. The molecule has 0 aliphatic heterocycles. The zero-order chi connectivity index (χ0) is 10.7. The quantitative estimate of drug-likeness (QED) is 0.314. The molecule has 0 saturated carbocycles. The number of nitrogens with two attached hydrogens (primary N) is 1. The van der Waals surface area contributed by atoms with Gasteiger partial charge >= 0.3 is 0 Å². The highest BCUT2D eigenvalue weighted by Gasteiger charge is 2.16. The number of aliphatic imine (C=N–C) groups is 1. The van der Waals surface area contributed by atoms with Crippen molar-refractivity contribution in [3.05, 3.63) is 35.4 Å². The zero-order valence-electron chi connectivity index (χ0n) is 8.60. The Hall–Kier alpha value is -1.29. The maximum atomic E-state index is 5.24. The van der Waals surface area contributed by atoms with E-state index in [1.165, 1.54) is 22.9 Å². The number of amidine groups is 1. The Morgan fingerprint density at radius 1 is 1.33 bits per heavy atom. The Kier molecular flexibility index (Phi) is 3.06. The van der Waals surface area contributed by atoms with Gasteiger partial charge in [0.2, 0.25) is 5.17 Å². The van der Waals surface area contributed by atoms with Crippen LogP contribution < -0.4 is 5.84 Å². The van der Waals surface area contributed by atoms with Crippen molar-refractivity contribution in [1.82, 2.24) is 0 Å². The summed E-state index contributed by atoms with van der Waals surface area (Å²) in [6.45, 7) is 0. The molecule has 0 spiro atoms. The van der Waals surface area contributed by atoms with Crippen LogP contribution >= 0.6 is 11.8 Å². The zero-order valence-corrected chi connectivity index (χ0v) is 9.42. The largest absolute Gasteiger partial charge is 0.321 e. The summed E-state index contributed by atoms with van der Waals surface area (Å²) in [5.74, 6) is 5.24. The average molecular weight is 219 g/mol. The molecule has 1 aromatic rings. The molecule has 0 amide bonds. The molecule has 2 N–H and O–H groups in total. The Balaban J connectivity index is 2.35. The van der Waals surface area contributed by atoms with Crippen molar-refractivity contribution in [1.29, 1.82) is 0 Å². The Labute approximate surface area is 93.5 Å². The van der Waals surface area contributed by atoms with Gasteiger partial charge in [0.15, 0.2) is 0 Å². The molecule has 2 rings (SSSR count). The van der Waals surface area contributed by atoms with Gasteiger partial charge < -0.3 is 5.84 Å². The number of nitrogens with zero attached hydrogens (tertiary/aromatic N) is 2. The van der Waals surface area contributed by atoms with E-state index >= 15 is 0 Å². The molecule has 3 nitrogen and oxygen atoms in total. The van der Waals surface area contributed by atoms with E-state index in [1.807, 2.05) is 12.3 Å². The predicted molar refractivity (Wildman–Crippen MR) is 66.4 cm³/mol. The summed E-state index contributed by atoms with van der Waals surface area (Å²) >= 11 is 1.47. The summed E-state index contributed by atoms with van der Waals surface area (Å²) in [5, 5.41) is 4.28. The lowest BCUT2D eigenvalue weighted by Gasteiger charge is -1.99. The third kappa shape index (κ3) is 2.04. The van der Waals surface area contributed by atoms with E-state index in [0.717, 1.165) is 18.6 Å². The molecule has 0 unspecified atom stereocenters. The van der Waals surface area contributed by atoms with Gasteiger partial charge in [0.1, 0.15) is 0 Å². The standard InChI is InChI=1S/C11H13N3S/c1-15-11(14-12)13-10-7-6-8-4-2-3-5-9(8)10/h2-5H,6-7,12H2,1H3. The fourth-order valence-electron chi connectivity index (χ4n) is 1.77. The van der Waals surface area contributed by atoms with Crippen LogP contribution in [0.2, 0.25) is 0 Å². The second-order valence-electron chi connectivity index (χ2n) is 3.33. The summed E-state index contributed by atoms with van der Waals surface area (Å²) in [7, 11) is 0. The van der Waals surface area contributed by atoms with Crippen molar-refractivity contribution in [3.8, 4) is 0 Å². The number of hydrogen-bond donors (Lipinski definition) is 1. The first-order valence-corrected chi connectivity index (χ1v) is 6.05. The van der Waals surface area contributed by atoms with Gasteiger partial charge in [-0.2, -0.15) is 5.10 Å². The Bertz CT molecular complexity index is 424. The Morgan fingerprint density at radius 2 is 2.13 bits per heavy atom. The predicted octanol–water partition coefficient (Wildman–Crippen LogP) is 2.01. The van der Waals surface area contributed by atoms with Gasteiger partial charge in [0.05, 0.1) is 5.71 Å². The number of hydrazone groups is 1. The van der Waals surface area contributed by atoms with Crippen LogP contribution in [-0.4, -0.2) is 17.1 Å². The normalized spacial score (nSPS) is 18.2. The van der Waals surface area contributed by atoms with E-state index in [4.69, 9.17) is 5.84 Å². The number of hydrogen-bond acceptors (Lipinski definition) is 3. The molecule has 0 heterocycles. The first-order chi connectivity index (χ1) is 7.35. The molecule has 1 aliphatic carbocycles. The minimum Gasteiger partial charge on any atom is -0.321 e. The van der Waals surface area contributed by atoms with E-state index in [1.54, 1.807) is 0 Å². The number of rotatable bonds is 0. The van der Waals surface area contributed by atoms with Crippen LogP contribution in [0.15, 0.2) is 34.4 Å². The highest BCUT2D eigenvalue weighted by atomic mass is 32.2. The van der Waals surface area contributed by atoms with E-state index in [9.17, 15) is 0 Å². The molecule has 0 aromatic heterocycles. The summed E-state index contributed by atoms with van der Waals surface area (Å²) in [6, 6.07) is 8.36. The number of fused-ring (bicyclic) bond motifs is 1. The second-order valence-corrected chi connectivity index (χ2v) is 4.10. The number of aryl methyl sites for hydroxylation is 1. The van der Waals surface area contributed by atoms with E-state index in [-0.39, 0.29) is 0 Å². The fraction of sp³-hybridized carbons (Fsp3) is 0.273. The van der Waals surface area contributed by atoms with Crippen molar-refractivity contribution < 1.29 is 0 Å². The van der Waals surface area contributed by atoms with Gasteiger partial charge in [-0.25, -0.2) is 4.99 Å². The van der Waals surface area contributed by atoms with Crippen LogP contribution in [0.5, 0.6) is 0 Å². The maximum absolute atomic E-state index is 5.24. The average Bonchev–Trinajstić information content (AvgIpc) is 2.69. The van der Waals surface area contributed by atoms with Crippen LogP contribution in [0.3, 0.4) is 0 Å². The van der Waals surface area contributed by atoms with Crippen LogP contribution in [0.4, 0.5) is 0 Å². The van der Waals surface area contributed by atoms with Crippen molar-refractivity contribution in [3.63, 3.8) is 0 Å². The minimum absolute atomic E-state index is 0.640. The van der Waals surface area contributed by atoms with Crippen LogP contribution in [0.25, 0.3) is 0 Å². The van der Waals surface area contributed by atoms with Crippen molar-refractivity contribution in [2.24, 2.45) is 15.9 Å². The van der Waals surface area contributed by atoms with Gasteiger partial charge in [-0.3, -0.25) is 0 Å². The SMILES string of the molecule is CSC(=NN)N=C1CCc2ccccc21. The summed E-state index contributed by atoms with van der Waals surface area (Å²) < 4.78 is 0. The molecule has 0 saturated heterocycles. The molecular weight excluding hydrogens is 206 g/mol. The summed E-state index contributed by atoms with van der Waals surface area (Å²) in [4.78, 5) is 4.46. The Morgan fingerprint density at radius 3 is 2.87 bits per heavy atom. The highest BCUT2D eigenvalue weighted by molar-refractivity contribution is 8.13. The molecule has 4 heteroatoms. The monoisotopic (exact) mass is 219 g/mol. The first-order valence-electron chi connectivity index (χ1n) is 4.83. The van der Waals surface area contributed by atoms with Crippen molar-refractivity contribution in [2.75, 3.05) is 6.26 Å². The summed E-state index contributed by atoms with van der Waals surface area (Å²) in [6.07, 6.45) is 3.98. The number of thioether (sulfide) groups is 1. The third-order valence-corrected chi connectivity index (χ3v) is 3.04. The minimum atomic E-state index is 0.640. The van der Waals surface area contributed by atoms with Gasteiger partial charge in [-0.05, 0) is 30.2 Å². The first kappa shape index (κ1) is 10.2. The van der Waals surface area contributed by atoms with Gasteiger partial charge in [-0.15, -0.1) is 0 Å². The van der Waals surface area contributed by atoms with Gasteiger partial charge in [0.25, 0.3) is 0 Å². The van der Waals surface area contributed by atoms with Crippen LogP contribution in [0.1, 0.15) is 17.5 Å². The molecule has 1 aromatic carbocycles. The molecule has 1 aliphatic rings. The van der Waals surface area contributed by atoms with E-state index < -0.39 is 0 Å². The van der Waals surface area contributed by atoms with E-state index in [2.05, 4.69) is 28.3 Å². The lowest BCUT2D eigenvalue weighted by atomic mass is 10.1. The van der Waals surface area contributed by atoms with Crippen molar-refractivity contribution in [2.45, 2.75) is 12.8 Å². The molecular formula is C11H13N3S. The van der Waals surface area contributed by atoms with Crippen molar-refractivity contribution >= 4 is 22.6 Å². The molecule has 0 atom stereocenters. The van der Waals surface area contributed by atoms with Crippen LogP contribution in [0, 0.1) is 0 Å². The number of benzene rings is 1. The molecule has 0 fully saturated rings. The fourth-order valence-corrected chi connectivity index (χ4v) is 2.07. The lowest BCUT2D eigenvalue weighted by Crippen LogP contribution is -2.00. The smallest absolute Gasteiger partial charge is 0.205 e. The summed E-state index contributed by atoms with van der Waals surface area (Å²) in [5.41, 5.74) is 3.71. The molecule has 0 radical (unpaired) electrons. The molecule has 0 bridgehead atoms. The van der Waals surface area contributed by atoms with E-state index in [0.29, 0.717) is 5.17 Å². The van der Waals surface area contributed by atoms with Gasteiger partial charge in [-0.1, -0.05) is 36.0 Å². The highest BCUT2D eigenvalue weighted by Crippen LogP contribution is 2.22. The van der Waals surface area contributed by atoms with Crippen LogP contribution in [-0.2, 0) is 6.42 Å². The third-order valence-electron chi connectivity index (χ3n) is 2.48.